The molecule has 19 heteroatoms. The van der Waals surface area contributed by atoms with E-state index in [0.29, 0.717) is 175 Å². The van der Waals surface area contributed by atoms with E-state index in [1.165, 1.54) is 217 Å². The maximum absolute atomic E-state index is 13.2. The Hall–Kier alpha value is -4.33. The number of carbonyl (C=O) groups excluding carboxylic acids is 7. The highest BCUT2D eigenvalue weighted by Gasteiger charge is 2.59. The fourth-order valence-corrected chi connectivity index (χ4v) is 19.0. The third-order valence-corrected chi connectivity index (χ3v) is 25.7. The number of nitrogens with one attached hydrogen (secondary N) is 7. The summed E-state index contributed by atoms with van der Waals surface area (Å²) in [6.45, 7) is 25.5. The van der Waals surface area contributed by atoms with Crippen LogP contribution in [0.1, 0.15) is 396 Å². The molecule has 4 aliphatic carbocycles. The van der Waals surface area contributed by atoms with Crippen molar-refractivity contribution < 1.29 is 57.2 Å². The summed E-state index contributed by atoms with van der Waals surface area (Å²) >= 11 is 0. The van der Waals surface area contributed by atoms with Crippen LogP contribution in [0.2, 0.25) is 0 Å². The lowest BCUT2D eigenvalue weighted by atomic mass is 9.47. The Kier molecular flexibility index (Phi) is 58.6. The minimum atomic E-state index is -0.765. The summed E-state index contributed by atoms with van der Waals surface area (Å²) in [6, 6.07) is -0.765. The number of alkyl carbamates (subject to hydrolysis) is 1. The Balaban J connectivity index is 0.853. The largest absolute Gasteiger partial charge is 0.446 e. The summed E-state index contributed by atoms with van der Waals surface area (Å²) in [7, 11) is 0. The number of hydrogen-bond acceptors (Lipinski definition) is 12. The zero-order valence-electron chi connectivity index (χ0n) is 74.5. The first-order valence-corrected chi connectivity index (χ1v) is 47.9. The van der Waals surface area contributed by atoms with Crippen LogP contribution in [0.25, 0.3) is 0 Å². The zero-order chi connectivity index (χ0) is 82.4. The summed E-state index contributed by atoms with van der Waals surface area (Å²) in [5, 5.41) is 20.5. The fraction of sp³-hybridized carbons (Fsp3) is 0.905. The molecule has 0 aromatic heterocycles. The van der Waals surface area contributed by atoms with E-state index >= 15 is 0 Å². The first-order chi connectivity index (χ1) is 55.4. The lowest BCUT2D eigenvalue weighted by Gasteiger charge is -2.58. The van der Waals surface area contributed by atoms with Gasteiger partial charge in [-0.1, -0.05) is 253 Å². The molecule has 3 saturated carbocycles. The summed E-state index contributed by atoms with van der Waals surface area (Å²) in [6.07, 6.45) is 60.9. The smallest absolute Gasteiger partial charge is 0.407 e. The molecule has 114 heavy (non-hydrogen) atoms. The summed E-state index contributed by atoms with van der Waals surface area (Å²) in [5.74, 6) is 4.40. The molecule has 3 fully saturated rings. The van der Waals surface area contributed by atoms with Crippen molar-refractivity contribution in [2.75, 3.05) is 92.1 Å². The molecule has 0 spiro atoms. The van der Waals surface area contributed by atoms with Crippen molar-refractivity contribution in [2.24, 2.45) is 52.3 Å². The van der Waals surface area contributed by atoms with E-state index in [2.05, 4.69) is 84.8 Å². The second-order valence-corrected chi connectivity index (χ2v) is 36.5. The van der Waals surface area contributed by atoms with Gasteiger partial charge in [-0.05, 0) is 168 Å². The van der Waals surface area contributed by atoms with E-state index in [-0.39, 0.29) is 65.4 Å². The second-order valence-electron chi connectivity index (χ2n) is 36.5. The molecule has 4 rings (SSSR count). The molecule has 0 bridgehead atoms. The van der Waals surface area contributed by atoms with E-state index in [0.717, 1.165) is 80.5 Å². The van der Waals surface area contributed by atoms with E-state index < -0.39 is 6.04 Å². The van der Waals surface area contributed by atoms with Crippen LogP contribution in [0.5, 0.6) is 0 Å². The number of unbranched alkanes of at least 4 members (excludes halogenated alkanes) is 26. The number of fused-ring (bicyclic) bond motifs is 5. The monoisotopic (exact) mass is 1610 g/mol. The Bertz CT molecular complexity index is 2540. The van der Waals surface area contributed by atoms with Gasteiger partial charge in [0.2, 0.25) is 35.4 Å². The quantitative estimate of drug-likeness (QED) is 0.0222. The number of hydrogen-bond donors (Lipinski definition) is 7. The van der Waals surface area contributed by atoms with Gasteiger partial charge in [0.1, 0.15) is 12.1 Å². The highest BCUT2D eigenvalue weighted by atomic mass is 16.6. The summed E-state index contributed by atoms with van der Waals surface area (Å²) in [5.41, 5.74) is 2.25. The van der Waals surface area contributed by atoms with Gasteiger partial charge < -0.3 is 60.9 Å². The van der Waals surface area contributed by atoms with Gasteiger partial charge in [0, 0.05) is 131 Å². The Morgan fingerprint density at radius 1 is 0.395 bits per heavy atom. The van der Waals surface area contributed by atoms with Gasteiger partial charge in [0.05, 0.1) is 0 Å². The first kappa shape index (κ1) is 102. The van der Waals surface area contributed by atoms with Crippen molar-refractivity contribution in [1.82, 2.24) is 37.2 Å². The van der Waals surface area contributed by atoms with E-state index in [4.69, 9.17) is 23.7 Å². The van der Waals surface area contributed by atoms with Gasteiger partial charge in [-0.2, -0.15) is 0 Å². The molecule has 662 valence electrons. The van der Waals surface area contributed by atoms with Gasteiger partial charge in [-0.3, -0.25) is 28.8 Å². The van der Waals surface area contributed by atoms with Crippen molar-refractivity contribution in [3.63, 3.8) is 0 Å². The van der Waals surface area contributed by atoms with Crippen LogP contribution in [0, 0.1) is 52.3 Å². The van der Waals surface area contributed by atoms with E-state index in [1.807, 2.05) is 13.8 Å². The fourth-order valence-electron chi connectivity index (χ4n) is 19.0. The molecular weight excluding hydrogens is 1430 g/mol. The number of carbonyl (C=O) groups is 7. The topological polar surface area (TPSA) is 250 Å². The van der Waals surface area contributed by atoms with Crippen molar-refractivity contribution in [3.8, 4) is 0 Å². The lowest BCUT2D eigenvalue weighted by Crippen LogP contribution is -2.51. The SMILES string of the molecule is CCCCCCCCCCCCCCCCCCCCCCCCCCCCCC(=O)NCCCOCCCNC(=O)CCCOCCCNC(=O)CCC[C@H](NC(=O)CC(C)C)C(=O)NCCCOCCCC(=O)NCCCOCCCNC(=O)O[C@H]1CC[C@@]2(C)C(=CC[C@H]3[C@@H]4CC[C@H]([C@H](C)CCCC(C)C)[C@@]4(C)CC[C@@H]32)C1. The summed E-state index contributed by atoms with van der Waals surface area (Å²) < 4.78 is 28.9. The van der Waals surface area contributed by atoms with Gasteiger partial charge in [-0.15, -0.1) is 0 Å². The molecule has 7 N–H and O–H groups in total. The minimum Gasteiger partial charge on any atom is -0.446 e. The average molecular weight is 1610 g/mol. The van der Waals surface area contributed by atoms with Gasteiger partial charge in [0.15, 0.2) is 0 Å². The molecular formula is C95H175N7O12. The Morgan fingerprint density at radius 3 is 1.24 bits per heavy atom. The third-order valence-electron chi connectivity index (χ3n) is 25.7. The van der Waals surface area contributed by atoms with Crippen LogP contribution in [0.4, 0.5) is 4.79 Å². The van der Waals surface area contributed by atoms with Gasteiger partial charge >= 0.3 is 6.09 Å². The van der Waals surface area contributed by atoms with Gasteiger partial charge in [0.25, 0.3) is 0 Å². The maximum atomic E-state index is 13.2. The van der Waals surface area contributed by atoms with Crippen LogP contribution in [0.3, 0.4) is 0 Å². The molecule has 19 nitrogen and oxygen atoms in total. The normalized spacial score (nSPS) is 20.3. The zero-order valence-corrected chi connectivity index (χ0v) is 74.5. The Morgan fingerprint density at radius 2 is 0.798 bits per heavy atom. The molecule has 9 atom stereocenters. The number of ether oxygens (including phenoxy) is 5. The van der Waals surface area contributed by atoms with Crippen LogP contribution in [-0.4, -0.2) is 146 Å². The predicted octanol–water partition coefficient (Wildman–Crippen LogP) is 20.3. The second kappa shape index (κ2) is 65.5. The Labute approximate surface area is 696 Å². The van der Waals surface area contributed by atoms with Crippen LogP contribution < -0.4 is 37.2 Å². The molecule has 0 saturated heterocycles. The van der Waals surface area contributed by atoms with Gasteiger partial charge in [-0.25, -0.2) is 4.79 Å². The van der Waals surface area contributed by atoms with Crippen LogP contribution >= 0.6 is 0 Å². The molecule has 0 aromatic carbocycles. The molecule has 0 unspecified atom stereocenters. The minimum absolute atomic E-state index is 0.0229. The van der Waals surface area contributed by atoms with Crippen molar-refractivity contribution in [2.45, 2.75) is 408 Å². The molecule has 0 aliphatic heterocycles. The first-order valence-electron chi connectivity index (χ1n) is 47.9. The van der Waals surface area contributed by atoms with Crippen molar-refractivity contribution >= 4 is 41.5 Å². The average Bonchev–Trinajstić information content (AvgIpc) is 1.22. The van der Waals surface area contributed by atoms with Crippen molar-refractivity contribution in [3.05, 3.63) is 11.6 Å². The van der Waals surface area contributed by atoms with E-state index in [9.17, 15) is 33.6 Å². The molecule has 7 amide bonds. The number of rotatable bonds is 74. The third kappa shape index (κ3) is 47.5. The number of allylic oxidation sites excluding steroid dienone is 1. The highest BCUT2D eigenvalue weighted by molar-refractivity contribution is 5.87. The molecule has 0 heterocycles. The lowest BCUT2D eigenvalue weighted by molar-refractivity contribution is -0.129. The predicted molar refractivity (Wildman–Crippen MR) is 466 cm³/mol. The van der Waals surface area contributed by atoms with Crippen LogP contribution in [0.15, 0.2) is 11.6 Å². The van der Waals surface area contributed by atoms with Crippen LogP contribution in [-0.2, 0) is 52.5 Å². The van der Waals surface area contributed by atoms with Crippen molar-refractivity contribution in [1.29, 1.82) is 0 Å². The maximum Gasteiger partial charge on any atom is 0.407 e. The summed E-state index contributed by atoms with van der Waals surface area (Å²) in [4.78, 5) is 88.6. The molecule has 4 aliphatic rings. The van der Waals surface area contributed by atoms with E-state index in [1.54, 1.807) is 0 Å². The standard InChI is InChI=1S/C95H175N7O12/c1-9-10-11-12-13-14-15-16-17-18-19-20-21-22-23-24-25-26-27-28-29-30-31-32-33-34-35-49-87(103)96-61-41-70-112-71-42-63-98-89(105)51-38-67-110-69-40-62-97-88(104)50-37-48-86(102-91(107)75-78(4)5)92(108)100-65-44-73-111-68-39-52-90(106)99-64-43-72-113-74-45-66-101-93(109)114-81-57-59-94(7)80(76-81)53-54-82-84-56-55-83(79(6)47-36-46-77(2)3)95(84,8)60-58-85(82)94/h53,77-79,81-86H,9-52,54-76H2,1-8H3,(H,96,103)(H,97,104)(H,98,105)(H,99,106)(H,100,108)(H,101,109)(H,102,107)/t79-,81+,82+,83-,84+,85+,86+,94+,95-/m1/s1. The molecule has 0 aromatic rings. The highest BCUT2D eigenvalue weighted by Crippen LogP contribution is 2.67. The number of amides is 7. The molecule has 0 radical (unpaired) electrons.